The minimum Gasteiger partial charge on any atom is -0.296 e. The maximum absolute atomic E-state index is 14.2. The van der Waals surface area contributed by atoms with E-state index in [0.29, 0.717) is 24.0 Å². The van der Waals surface area contributed by atoms with Crippen molar-refractivity contribution >= 4 is 17.3 Å². The van der Waals surface area contributed by atoms with Crippen LogP contribution in [0.1, 0.15) is 33.1 Å². The number of fused-ring (bicyclic) bond motifs is 5. The van der Waals surface area contributed by atoms with Crippen LogP contribution in [0.2, 0.25) is 0 Å². The maximum Gasteiger partial charge on any atom is 0.178 e. The van der Waals surface area contributed by atoms with Gasteiger partial charge in [-0.25, -0.2) is 4.39 Å². The van der Waals surface area contributed by atoms with E-state index in [4.69, 9.17) is 0 Å². The SMILES string of the molecule is C=C1C(=O)[C@@H]2[C@H](CC[C@]3(C)C(=O)[C@@H](F)C[C@@H]23)[C@@]2(C)C=CC(=O)C=C12. The van der Waals surface area contributed by atoms with Gasteiger partial charge in [0.2, 0.25) is 0 Å². The average molecular weight is 328 g/mol. The van der Waals surface area contributed by atoms with Crippen molar-refractivity contribution < 1.29 is 18.8 Å². The van der Waals surface area contributed by atoms with E-state index in [0.717, 1.165) is 0 Å². The molecule has 3 nitrogen and oxygen atoms in total. The second-order valence-electron chi connectivity index (χ2n) is 8.18. The van der Waals surface area contributed by atoms with Crippen molar-refractivity contribution in [3.8, 4) is 0 Å². The molecule has 0 unspecified atom stereocenters. The predicted molar refractivity (Wildman–Crippen MR) is 86.8 cm³/mol. The third kappa shape index (κ3) is 1.69. The number of rotatable bonds is 0. The van der Waals surface area contributed by atoms with Crippen LogP contribution in [0.15, 0.2) is 36.0 Å². The fourth-order valence-corrected chi connectivity index (χ4v) is 5.70. The van der Waals surface area contributed by atoms with Crippen LogP contribution in [-0.2, 0) is 14.4 Å². The lowest BCUT2D eigenvalue weighted by Crippen LogP contribution is -2.54. The number of hydrogen-bond donors (Lipinski definition) is 0. The zero-order valence-electron chi connectivity index (χ0n) is 14.0. The second kappa shape index (κ2) is 4.62. The van der Waals surface area contributed by atoms with Crippen LogP contribution >= 0.6 is 0 Å². The van der Waals surface area contributed by atoms with E-state index in [9.17, 15) is 18.8 Å². The summed E-state index contributed by atoms with van der Waals surface area (Å²) < 4.78 is 14.2. The summed E-state index contributed by atoms with van der Waals surface area (Å²) in [7, 11) is 0. The molecule has 0 spiro atoms. The monoisotopic (exact) mass is 328 g/mol. The first-order valence-corrected chi connectivity index (χ1v) is 8.57. The molecular weight excluding hydrogens is 307 g/mol. The molecule has 0 aromatic rings. The highest BCUT2D eigenvalue weighted by Gasteiger charge is 2.64. The van der Waals surface area contributed by atoms with Gasteiger partial charge >= 0.3 is 0 Å². The van der Waals surface area contributed by atoms with E-state index in [-0.39, 0.29) is 41.5 Å². The molecule has 6 atom stereocenters. The molecule has 4 rings (SSSR count). The summed E-state index contributed by atoms with van der Waals surface area (Å²) in [5.41, 5.74) is -0.133. The predicted octanol–water partition coefficient (Wildman–Crippen LogP) is 3.16. The number of allylic oxidation sites excluding steroid dienone is 5. The van der Waals surface area contributed by atoms with E-state index >= 15 is 0 Å². The summed E-state index contributed by atoms with van der Waals surface area (Å²) in [6.07, 6.45) is 4.90. The molecule has 126 valence electrons. The van der Waals surface area contributed by atoms with Gasteiger partial charge in [0.15, 0.2) is 23.5 Å². The lowest BCUT2D eigenvalue weighted by Gasteiger charge is -2.54. The van der Waals surface area contributed by atoms with Gasteiger partial charge < -0.3 is 0 Å². The van der Waals surface area contributed by atoms with E-state index in [1.165, 1.54) is 6.08 Å². The van der Waals surface area contributed by atoms with Gasteiger partial charge in [-0.3, -0.25) is 14.4 Å². The van der Waals surface area contributed by atoms with Crippen molar-refractivity contribution in [2.24, 2.45) is 28.6 Å². The Morgan fingerprint density at radius 2 is 1.92 bits per heavy atom. The summed E-state index contributed by atoms with van der Waals surface area (Å²) in [4.78, 5) is 37.2. The third-order valence-electron chi connectivity index (χ3n) is 7.12. The maximum atomic E-state index is 14.2. The number of hydrogen-bond acceptors (Lipinski definition) is 3. The van der Waals surface area contributed by atoms with Crippen LogP contribution in [0.3, 0.4) is 0 Å². The van der Waals surface area contributed by atoms with Gasteiger partial charge in [-0.15, -0.1) is 0 Å². The first kappa shape index (κ1) is 15.7. The lowest BCUT2D eigenvalue weighted by atomic mass is 9.47. The van der Waals surface area contributed by atoms with Crippen molar-refractivity contribution in [1.29, 1.82) is 0 Å². The minimum absolute atomic E-state index is 0.0118. The fourth-order valence-electron chi connectivity index (χ4n) is 5.70. The van der Waals surface area contributed by atoms with Gasteiger partial charge in [-0.1, -0.05) is 26.5 Å². The van der Waals surface area contributed by atoms with Gasteiger partial charge in [0.25, 0.3) is 0 Å². The first-order valence-electron chi connectivity index (χ1n) is 8.57. The van der Waals surface area contributed by atoms with Gasteiger partial charge in [-0.05, 0) is 48.8 Å². The van der Waals surface area contributed by atoms with Gasteiger partial charge in [0.05, 0.1) is 0 Å². The van der Waals surface area contributed by atoms with Crippen molar-refractivity contribution in [3.63, 3.8) is 0 Å². The highest BCUT2D eigenvalue weighted by atomic mass is 19.1. The fraction of sp³-hybridized carbons (Fsp3) is 0.550. The molecule has 4 aliphatic rings. The topological polar surface area (TPSA) is 51.2 Å². The molecule has 4 aliphatic carbocycles. The normalized spacial score (nSPS) is 47.2. The summed E-state index contributed by atoms with van der Waals surface area (Å²) in [5, 5.41) is 0. The van der Waals surface area contributed by atoms with Crippen LogP contribution in [-0.4, -0.2) is 23.5 Å². The molecule has 0 N–H and O–H groups in total. The third-order valence-corrected chi connectivity index (χ3v) is 7.12. The molecule has 0 amide bonds. The second-order valence-corrected chi connectivity index (χ2v) is 8.18. The Kier molecular flexibility index (Phi) is 3.02. The van der Waals surface area contributed by atoms with Crippen LogP contribution in [0, 0.1) is 28.6 Å². The molecule has 0 saturated heterocycles. The largest absolute Gasteiger partial charge is 0.296 e. The molecule has 0 heterocycles. The smallest absolute Gasteiger partial charge is 0.178 e. The van der Waals surface area contributed by atoms with Gasteiger partial charge in [-0.2, -0.15) is 0 Å². The lowest BCUT2D eigenvalue weighted by molar-refractivity contribution is -0.139. The Morgan fingerprint density at radius 3 is 2.62 bits per heavy atom. The van der Waals surface area contributed by atoms with Crippen LogP contribution < -0.4 is 0 Å². The molecule has 3 saturated carbocycles. The van der Waals surface area contributed by atoms with Gasteiger partial charge in [0, 0.05) is 22.3 Å². The minimum atomic E-state index is -1.46. The van der Waals surface area contributed by atoms with Crippen molar-refractivity contribution in [2.45, 2.75) is 39.3 Å². The standard InChI is InChI=1S/C20H21FO3/c1-10-13-8-11(22)4-6-19(13,2)12-5-7-20(3)14(16(12)17(10)23)9-15(21)18(20)24/h4,6,8,12,14-16H,1,5,7,9H2,2-3H3/t12-,14-,15-,16+,19+,20-/m0/s1. The highest BCUT2D eigenvalue weighted by Crippen LogP contribution is 2.63. The molecule has 24 heavy (non-hydrogen) atoms. The zero-order chi connectivity index (χ0) is 17.4. The summed E-state index contributed by atoms with van der Waals surface area (Å²) in [6, 6.07) is 0. The molecule has 4 heteroatoms. The number of Topliss-reactive ketones (excluding diaryl/α,β-unsaturated/α-hetero) is 2. The van der Waals surface area contributed by atoms with E-state index in [1.54, 1.807) is 6.08 Å². The Balaban J connectivity index is 1.84. The quantitative estimate of drug-likeness (QED) is 0.642. The molecular formula is C20H21FO3. The summed E-state index contributed by atoms with van der Waals surface area (Å²) in [5.74, 6) is -1.25. The Bertz CT molecular complexity index is 761. The Hall–Kier alpha value is -1.84. The van der Waals surface area contributed by atoms with E-state index < -0.39 is 17.0 Å². The molecule has 0 radical (unpaired) electrons. The molecule has 0 aliphatic heterocycles. The Morgan fingerprint density at radius 1 is 1.21 bits per heavy atom. The van der Waals surface area contributed by atoms with Crippen LogP contribution in [0.5, 0.6) is 0 Å². The number of halogens is 1. The number of carbonyl (C=O) groups is 3. The first-order chi connectivity index (χ1) is 11.2. The van der Waals surface area contributed by atoms with Crippen molar-refractivity contribution in [3.05, 3.63) is 36.0 Å². The molecule has 0 aromatic carbocycles. The van der Waals surface area contributed by atoms with E-state index in [1.807, 2.05) is 19.9 Å². The number of alkyl halides is 1. The zero-order valence-corrected chi connectivity index (χ0v) is 14.0. The van der Waals surface area contributed by atoms with E-state index in [2.05, 4.69) is 6.58 Å². The highest BCUT2D eigenvalue weighted by molar-refractivity contribution is 6.09. The number of carbonyl (C=O) groups excluding carboxylic acids is 3. The van der Waals surface area contributed by atoms with Crippen molar-refractivity contribution in [1.82, 2.24) is 0 Å². The molecule has 0 aromatic heterocycles. The number of ketones is 3. The molecule has 3 fully saturated rings. The molecule has 0 bridgehead atoms. The Labute approximate surface area is 140 Å². The summed E-state index contributed by atoms with van der Waals surface area (Å²) in [6.45, 7) is 7.79. The van der Waals surface area contributed by atoms with Crippen LogP contribution in [0.25, 0.3) is 0 Å². The van der Waals surface area contributed by atoms with Crippen LogP contribution in [0.4, 0.5) is 4.39 Å². The summed E-state index contributed by atoms with van der Waals surface area (Å²) >= 11 is 0. The average Bonchev–Trinajstić information content (AvgIpc) is 2.77. The van der Waals surface area contributed by atoms with Crippen molar-refractivity contribution in [2.75, 3.05) is 0 Å². The van der Waals surface area contributed by atoms with Gasteiger partial charge in [0.1, 0.15) is 0 Å².